The van der Waals surface area contributed by atoms with Crippen molar-refractivity contribution >= 4 is 11.8 Å². The standard InChI is InChI=1S/C24H28N2O2/c1-17-8-10-19(11-9-17)15-25-16-21(14-23(25)27)24(28)26-12-4-7-22(26)20-6-3-5-18(2)13-20/h3,5-6,8-11,13,21-22H,4,7,12,14-16H2,1-2H3. The summed E-state index contributed by atoms with van der Waals surface area (Å²) in [6.07, 6.45) is 2.36. The van der Waals surface area contributed by atoms with E-state index in [1.807, 2.05) is 9.80 Å². The molecule has 2 aromatic carbocycles. The smallest absolute Gasteiger partial charge is 0.228 e. The molecule has 28 heavy (non-hydrogen) atoms. The second kappa shape index (κ2) is 7.78. The van der Waals surface area contributed by atoms with Crippen LogP contribution >= 0.6 is 0 Å². The lowest BCUT2D eigenvalue weighted by molar-refractivity contribution is -0.136. The molecule has 0 aliphatic carbocycles. The van der Waals surface area contributed by atoms with E-state index in [1.54, 1.807) is 0 Å². The van der Waals surface area contributed by atoms with Crippen LogP contribution in [-0.2, 0) is 16.1 Å². The normalized spacial score (nSPS) is 22.1. The van der Waals surface area contributed by atoms with Crippen LogP contribution in [-0.4, -0.2) is 34.7 Å². The van der Waals surface area contributed by atoms with Crippen molar-refractivity contribution in [2.75, 3.05) is 13.1 Å². The third-order valence-electron chi connectivity index (χ3n) is 6.02. The van der Waals surface area contributed by atoms with Crippen molar-refractivity contribution in [1.29, 1.82) is 0 Å². The summed E-state index contributed by atoms with van der Waals surface area (Å²) in [5, 5.41) is 0. The highest BCUT2D eigenvalue weighted by molar-refractivity contribution is 5.89. The van der Waals surface area contributed by atoms with Gasteiger partial charge in [0.1, 0.15) is 0 Å². The summed E-state index contributed by atoms with van der Waals surface area (Å²) in [4.78, 5) is 29.6. The predicted octanol–water partition coefficient (Wildman–Crippen LogP) is 4.02. The lowest BCUT2D eigenvalue weighted by Gasteiger charge is -2.28. The van der Waals surface area contributed by atoms with Crippen LogP contribution in [0.5, 0.6) is 0 Å². The molecular weight excluding hydrogens is 348 g/mol. The molecule has 0 aromatic heterocycles. The van der Waals surface area contributed by atoms with Gasteiger partial charge in [-0.15, -0.1) is 0 Å². The SMILES string of the molecule is Cc1ccc(CN2CC(C(=O)N3CCCC3c3cccc(C)c3)CC2=O)cc1. The van der Waals surface area contributed by atoms with Crippen LogP contribution in [0.4, 0.5) is 0 Å². The molecule has 2 saturated heterocycles. The summed E-state index contributed by atoms with van der Waals surface area (Å²) >= 11 is 0. The quantitative estimate of drug-likeness (QED) is 0.809. The Labute approximate surface area is 167 Å². The monoisotopic (exact) mass is 376 g/mol. The van der Waals surface area contributed by atoms with E-state index in [0.29, 0.717) is 19.5 Å². The molecule has 0 N–H and O–H groups in total. The molecule has 2 aliphatic heterocycles. The molecule has 0 radical (unpaired) electrons. The lowest BCUT2D eigenvalue weighted by Crippen LogP contribution is -2.37. The van der Waals surface area contributed by atoms with E-state index in [2.05, 4.69) is 62.4 Å². The molecule has 146 valence electrons. The number of hydrogen-bond donors (Lipinski definition) is 0. The maximum absolute atomic E-state index is 13.3. The van der Waals surface area contributed by atoms with Gasteiger partial charge in [-0.25, -0.2) is 0 Å². The Bertz CT molecular complexity index is 874. The molecule has 2 aromatic rings. The van der Waals surface area contributed by atoms with Gasteiger partial charge in [0.25, 0.3) is 0 Å². The second-order valence-corrected chi connectivity index (χ2v) is 8.26. The number of carbonyl (C=O) groups excluding carboxylic acids is 2. The second-order valence-electron chi connectivity index (χ2n) is 8.26. The molecule has 0 spiro atoms. The average Bonchev–Trinajstić information content (AvgIpc) is 3.30. The summed E-state index contributed by atoms with van der Waals surface area (Å²) in [5.41, 5.74) is 4.76. The Morgan fingerprint density at radius 1 is 1.07 bits per heavy atom. The van der Waals surface area contributed by atoms with E-state index in [9.17, 15) is 9.59 Å². The lowest BCUT2D eigenvalue weighted by atomic mass is 10.0. The maximum atomic E-state index is 13.3. The first-order valence-electron chi connectivity index (χ1n) is 10.2. The summed E-state index contributed by atoms with van der Waals surface area (Å²) in [6, 6.07) is 16.8. The number of amides is 2. The topological polar surface area (TPSA) is 40.6 Å². The molecule has 4 heteroatoms. The number of benzene rings is 2. The summed E-state index contributed by atoms with van der Waals surface area (Å²) < 4.78 is 0. The highest BCUT2D eigenvalue weighted by atomic mass is 16.2. The molecular formula is C24H28N2O2. The minimum absolute atomic E-state index is 0.0882. The molecule has 2 fully saturated rings. The van der Waals surface area contributed by atoms with Crippen molar-refractivity contribution in [1.82, 2.24) is 9.80 Å². The highest BCUT2D eigenvalue weighted by Gasteiger charge is 2.40. The fourth-order valence-electron chi connectivity index (χ4n) is 4.49. The summed E-state index contributed by atoms with van der Waals surface area (Å²) in [5.74, 6) is 0.0114. The number of hydrogen-bond acceptors (Lipinski definition) is 2. The van der Waals surface area contributed by atoms with Gasteiger partial charge in [0, 0.05) is 26.1 Å². The summed E-state index contributed by atoms with van der Waals surface area (Å²) in [6.45, 7) is 6.05. The van der Waals surface area contributed by atoms with Gasteiger partial charge in [0.2, 0.25) is 11.8 Å². The molecule has 2 aliphatic rings. The van der Waals surface area contributed by atoms with Crippen LogP contribution in [0.15, 0.2) is 48.5 Å². The van der Waals surface area contributed by atoms with E-state index < -0.39 is 0 Å². The number of aryl methyl sites for hydroxylation is 2. The van der Waals surface area contributed by atoms with Gasteiger partial charge in [-0.05, 0) is 37.8 Å². The van der Waals surface area contributed by atoms with Crippen LogP contribution in [0.1, 0.15) is 47.6 Å². The third kappa shape index (κ3) is 3.82. The zero-order valence-corrected chi connectivity index (χ0v) is 16.7. The van der Waals surface area contributed by atoms with Crippen LogP contribution in [0.3, 0.4) is 0 Å². The van der Waals surface area contributed by atoms with E-state index in [0.717, 1.165) is 24.9 Å². The minimum Gasteiger partial charge on any atom is -0.338 e. The molecule has 0 saturated carbocycles. The highest BCUT2D eigenvalue weighted by Crippen LogP contribution is 2.35. The fourth-order valence-corrected chi connectivity index (χ4v) is 4.49. The van der Waals surface area contributed by atoms with Crippen molar-refractivity contribution in [2.45, 2.75) is 45.7 Å². The molecule has 0 bridgehead atoms. The van der Waals surface area contributed by atoms with Crippen LogP contribution in [0.2, 0.25) is 0 Å². The maximum Gasteiger partial charge on any atom is 0.228 e. The van der Waals surface area contributed by atoms with Gasteiger partial charge in [-0.2, -0.15) is 0 Å². The van der Waals surface area contributed by atoms with E-state index >= 15 is 0 Å². The Balaban J connectivity index is 1.44. The first kappa shape index (κ1) is 18.7. The molecule has 4 rings (SSSR count). The Kier molecular flexibility index (Phi) is 5.21. The van der Waals surface area contributed by atoms with Crippen LogP contribution in [0.25, 0.3) is 0 Å². The van der Waals surface area contributed by atoms with Gasteiger partial charge in [0.15, 0.2) is 0 Å². The van der Waals surface area contributed by atoms with Gasteiger partial charge >= 0.3 is 0 Å². The number of likely N-dealkylation sites (tertiary alicyclic amines) is 2. The minimum atomic E-state index is -0.219. The van der Waals surface area contributed by atoms with Gasteiger partial charge in [0.05, 0.1) is 12.0 Å². The van der Waals surface area contributed by atoms with Crippen molar-refractivity contribution in [3.05, 3.63) is 70.8 Å². The Morgan fingerprint density at radius 3 is 2.61 bits per heavy atom. The van der Waals surface area contributed by atoms with Crippen molar-refractivity contribution < 1.29 is 9.59 Å². The first-order valence-corrected chi connectivity index (χ1v) is 10.2. The van der Waals surface area contributed by atoms with Gasteiger partial charge in [-0.3, -0.25) is 9.59 Å². The molecule has 4 nitrogen and oxygen atoms in total. The first-order chi connectivity index (χ1) is 13.5. The van der Waals surface area contributed by atoms with Crippen molar-refractivity contribution in [3.63, 3.8) is 0 Å². The third-order valence-corrected chi connectivity index (χ3v) is 6.02. The Morgan fingerprint density at radius 2 is 1.86 bits per heavy atom. The summed E-state index contributed by atoms with van der Waals surface area (Å²) in [7, 11) is 0. The molecule has 2 heterocycles. The van der Waals surface area contributed by atoms with E-state index in [1.165, 1.54) is 16.7 Å². The molecule has 2 atom stereocenters. The Hall–Kier alpha value is -2.62. The van der Waals surface area contributed by atoms with Gasteiger partial charge < -0.3 is 9.80 Å². The predicted molar refractivity (Wildman–Crippen MR) is 110 cm³/mol. The molecule has 2 amide bonds. The van der Waals surface area contributed by atoms with E-state index in [4.69, 9.17) is 0 Å². The van der Waals surface area contributed by atoms with Gasteiger partial charge in [-0.1, -0.05) is 59.7 Å². The van der Waals surface area contributed by atoms with Crippen LogP contribution in [0, 0.1) is 19.8 Å². The zero-order valence-electron chi connectivity index (χ0n) is 16.7. The number of nitrogens with zero attached hydrogens (tertiary/aromatic N) is 2. The largest absolute Gasteiger partial charge is 0.338 e. The van der Waals surface area contributed by atoms with Crippen molar-refractivity contribution in [3.8, 4) is 0 Å². The fraction of sp³-hybridized carbons (Fsp3) is 0.417. The average molecular weight is 377 g/mol. The van der Waals surface area contributed by atoms with Crippen molar-refractivity contribution in [2.24, 2.45) is 5.92 Å². The molecule has 2 unspecified atom stereocenters. The number of rotatable bonds is 4. The van der Waals surface area contributed by atoms with Crippen LogP contribution < -0.4 is 0 Å². The zero-order chi connectivity index (χ0) is 19.7. The number of carbonyl (C=O) groups is 2. The van der Waals surface area contributed by atoms with E-state index in [-0.39, 0.29) is 23.8 Å².